The fourth-order valence-electron chi connectivity index (χ4n) is 2.73. The Bertz CT molecular complexity index is 1110. The van der Waals surface area contributed by atoms with E-state index in [0.717, 1.165) is 22.4 Å². The predicted molar refractivity (Wildman–Crippen MR) is 108 cm³/mol. The van der Waals surface area contributed by atoms with Gasteiger partial charge in [-0.15, -0.1) is 21.5 Å². The van der Waals surface area contributed by atoms with Crippen molar-refractivity contribution in [2.24, 2.45) is 0 Å². The van der Waals surface area contributed by atoms with E-state index in [9.17, 15) is 4.79 Å². The molecule has 0 bridgehead atoms. The van der Waals surface area contributed by atoms with E-state index in [1.807, 2.05) is 34.0 Å². The number of carbonyl (C=O) groups is 1. The number of nitrogens with zero attached hydrogens (tertiary/aromatic N) is 5. The van der Waals surface area contributed by atoms with Crippen molar-refractivity contribution in [3.63, 3.8) is 0 Å². The number of para-hydroxylation sites is 1. The summed E-state index contributed by atoms with van der Waals surface area (Å²) in [6.45, 7) is 6.31. The van der Waals surface area contributed by atoms with Crippen LogP contribution in [0.2, 0.25) is 0 Å². The van der Waals surface area contributed by atoms with Crippen LogP contribution in [0.15, 0.2) is 41.0 Å². The Labute approximate surface area is 164 Å². The molecule has 7 nitrogen and oxygen atoms in total. The second-order valence-corrected chi connectivity index (χ2v) is 8.86. The lowest BCUT2D eigenvalue weighted by Gasteiger charge is -2.20. The summed E-state index contributed by atoms with van der Waals surface area (Å²) >= 11 is 2.73. The summed E-state index contributed by atoms with van der Waals surface area (Å²) in [6, 6.07) is 7.90. The fourth-order valence-corrected chi connectivity index (χ4v) is 4.00. The minimum atomic E-state index is -0.205. The van der Waals surface area contributed by atoms with Crippen LogP contribution in [0.1, 0.15) is 26.6 Å². The Morgan fingerprint density at radius 2 is 2.07 bits per heavy atom. The average molecular weight is 399 g/mol. The molecule has 27 heavy (non-hydrogen) atoms. The highest BCUT2D eigenvalue weighted by molar-refractivity contribution is 7.99. The highest BCUT2D eigenvalue weighted by atomic mass is 32.2. The van der Waals surface area contributed by atoms with Crippen LogP contribution < -0.4 is 5.32 Å². The molecule has 0 aliphatic carbocycles. The van der Waals surface area contributed by atoms with Gasteiger partial charge in [-0.3, -0.25) is 9.20 Å². The Kier molecular flexibility index (Phi) is 4.56. The van der Waals surface area contributed by atoms with Crippen molar-refractivity contribution in [1.29, 1.82) is 0 Å². The van der Waals surface area contributed by atoms with Gasteiger partial charge in [0, 0.05) is 22.4 Å². The lowest BCUT2D eigenvalue weighted by molar-refractivity contribution is -0.113. The van der Waals surface area contributed by atoms with Crippen LogP contribution >= 0.6 is 23.1 Å². The van der Waals surface area contributed by atoms with Crippen molar-refractivity contribution < 1.29 is 4.79 Å². The number of hydrogen-bond acceptors (Lipinski definition) is 7. The molecule has 0 saturated heterocycles. The quantitative estimate of drug-likeness (QED) is 0.527. The van der Waals surface area contributed by atoms with E-state index in [4.69, 9.17) is 4.98 Å². The number of nitrogens with one attached hydrogen (secondary N) is 1. The highest BCUT2D eigenvalue weighted by Gasteiger charge is 2.24. The van der Waals surface area contributed by atoms with Crippen molar-refractivity contribution in [2.45, 2.75) is 31.3 Å². The van der Waals surface area contributed by atoms with Gasteiger partial charge in [-0.05, 0) is 12.1 Å². The van der Waals surface area contributed by atoms with Gasteiger partial charge < -0.3 is 5.32 Å². The van der Waals surface area contributed by atoms with Gasteiger partial charge in [-0.2, -0.15) is 0 Å². The molecule has 0 spiro atoms. The number of carbonyl (C=O) groups excluding carboxylic acids is 1. The van der Waals surface area contributed by atoms with E-state index in [2.05, 4.69) is 41.3 Å². The molecule has 0 aliphatic rings. The first-order valence-corrected chi connectivity index (χ1v) is 10.3. The van der Waals surface area contributed by atoms with Gasteiger partial charge in [-0.1, -0.05) is 44.7 Å². The normalized spacial score (nSPS) is 12.0. The summed E-state index contributed by atoms with van der Waals surface area (Å²) in [6.07, 6.45) is 1.66. The third kappa shape index (κ3) is 3.52. The number of thiazole rings is 1. The van der Waals surface area contributed by atoms with E-state index in [1.165, 1.54) is 23.1 Å². The van der Waals surface area contributed by atoms with Gasteiger partial charge in [-0.25, -0.2) is 9.97 Å². The molecule has 0 aliphatic heterocycles. The monoisotopic (exact) mass is 398 g/mol. The van der Waals surface area contributed by atoms with Crippen LogP contribution in [-0.2, 0) is 10.2 Å². The van der Waals surface area contributed by atoms with E-state index in [1.54, 1.807) is 6.20 Å². The molecule has 0 radical (unpaired) electrons. The number of anilines is 1. The third-order valence-corrected chi connectivity index (χ3v) is 5.52. The lowest BCUT2D eigenvalue weighted by Crippen LogP contribution is -2.20. The first-order chi connectivity index (χ1) is 12.9. The zero-order valence-corrected chi connectivity index (χ0v) is 16.8. The molecule has 4 aromatic rings. The van der Waals surface area contributed by atoms with Crippen LogP contribution in [0.5, 0.6) is 0 Å². The molecule has 138 valence electrons. The number of hydrogen-bond donors (Lipinski definition) is 1. The summed E-state index contributed by atoms with van der Waals surface area (Å²) in [4.78, 5) is 21.1. The van der Waals surface area contributed by atoms with Crippen molar-refractivity contribution in [2.75, 3.05) is 11.1 Å². The Hall–Kier alpha value is -2.52. The predicted octanol–water partition coefficient (Wildman–Crippen LogP) is 3.76. The Morgan fingerprint density at radius 3 is 2.81 bits per heavy atom. The SMILES string of the molecule is CC(C)(C)c1nc2ccccc2c2nnc(SCC(=O)Nc3nccs3)n12. The molecule has 3 heterocycles. The molecule has 4 rings (SSSR count). The largest absolute Gasteiger partial charge is 0.301 e. The molecule has 9 heteroatoms. The van der Waals surface area contributed by atoms with Gasteiger partial charge in [0.25, 0.3) is 0 Å². The maximum atomic E-state index is 12.2. The average Bonchev–Trinajstić information content (AvgIpc) is 3.28. The molecule has 1 aromatic carbocycles. The number of thioether (sulfide) groups is 1. The standard InChI is InChI=1S/C18H18N6OS2/c1-18(2,3)15-20-12-7-5-4-6-11(12)14-22-23-17(24(14)15)27-10-13(25)21-16-19-8-9-26-16/h4-9H,10H2,1-3H3,(H,19,21,25). The molecule has 1 N–H and O–H groups in total. The molecule has 3 aromatic heterocycles. The maximum Gasteiger partial charge on any atom is 0.236 e. The molecular formula is C18H18N6OS2. The van der Waals surface area contributed by atoms with E-state index < -0.39 is 0 Å². The second-order valence-electron chi connectivity index (χ2n) is 7.02. The van der Waals surface area contributed by atoms with Crippen molar-refractivity contribution in [3.05, 3.63) is 41.7 Å². The van der Waals surface area contributed by atoms with Crippen molar-refractivity contribution in [1.82, 2.24) is 24.6 Å². The molecule has 0 fully saturated rings. The number of aromatic nitrogens is 5. The zero-order chi connectivity index (χ0) is 19.0. The minimum absolute atomic E-state index is 0.127. The van der Waals surface area contributed by atoms with Gasteiger partial charge in [0.2, 0.25) is 5.91 Å². The summed E-state index contributed by atoms with van der Waals surface area (Å²) in [5.74, 6) is 0.957. The minimum Gasteiger partial charge on any atom is -0.301 e. The van der Waals surface area contributed by atoms with E-state index in [0.29, 0.717) is 10.3 Å². The smallest absolute Gasteiger partial charge is 0.236 e. The maximum absolute atomic E-state index is 12.2. The van der Waals surface area contributed by atoms with Crippen molar-refractivity contribution in [3.8, 4) is 0 Å². The summed E-state index contributed by atoms with van der Waals surface area (Å²) < 4.78 is 1.96. The summed E-state index contributed by atoms with van der Waals surface area (Å²) in [5.41, 5.74) is 1.44. The summed E-state index contributed by atoms with van der Waals surface area (Å²) in [7, 11) is 0. The zero-order valence-electron chi connectivity index (χ0n) is 15.1. The van der Waals surface area contributed by atoms with Gasteiger partial charge in [0.15, 0.2) is 15.9 Å². The molecular weight excluding hydrogens is 380 g/mol. The van der Waals surface area contributed by atoms with E-state index in [-0.39, 0.29) is 17.1 Å². The molecule has 0 unspecified atom stereocenters. The van der Waals surface area contributed by atoms with Gasteiger partial charge in [0.05, 0.1) is 11.3 Å². The first-order valence-electron chi connectivity index (χ1n) is 8.40. The number of rotatable bonds is 4. The number of amides is 1. The van der Waals surface area contributed by atoms with Crippen LogP contribution in [0.4, 0.5) is 5.13 Å². The van der Waals surface area contributed by atoms with E-state index >= 15 is 0 Å². The van der Waals surface area contributed by atoms with Gasteiger partial charge >= 0.3 is 0 Å². The lowest BCUT2D eigenvalue weighted by atomic mass is 9.95. The van der Waals surface area contributed by atoms with Crippen LogP contribution in [0, 0.1) is 0 Å². The van der Waals surface area contributed by atoms with Crippen LogP contribution in [0.25, 0.3) is 16.6 Å². The highest BCUT2D eigenvalue weighted by Crippen LogP contribution is 2.29. The Balaban J connectivity index is 1.71. The molecule has 1 amide bonds. The van der Waals surface area contributed by atoms with Gasteiger partial charge in [0.1, 0.15) is 5.82 Å². The molecule has 0 atom stereocenters. The van der Waals surface area contributed by atoms with Crippen LogP contribution in [-0.4, -0.2) is 36.2 Å². The molecule has 0 saturated carbocycles. The number of fused-ring (bicyclic) bond motifs is 3. The topological polar surface area (TPSA) is 85.1 Å². The van der Waals surface area contributed by atoms with Crippen molar-refractivity contribution >= 4 is 50.7 Å². The second kappa shape index (κ2) is 6.90. The Morgan fingerprint density at radius 1 is 1.26 bits per heavy atom. The summed E-state index contributed by atoms with van der Waals surface area (Å²) in [5, 5.41) is 15.5. The number of benzene rings is 1. The van der Waals surface area contributed by atoms with Crippen LogP contribution in [0.3, 0.4) is 0 Å². The first kappa shape index (κ1) is 17.9. The fraction of sp³-hybridized carbons (Fsp3) is 0.278. The third-order valence-electron chi connectivity index (χ3n) is 3.90.